The van der Waals surface area contributed by atoms with Crippen LogP contribution in [-0.4, -0.2) is 35.3 Å². The summed E-state index contributed by atoms with van der Waals surface area (Å²) in [6.45, 7) is 1.92. The highest BCUT2D eigenvalue weighted by Crippen LogP contribution is 2.26. The lowest BCUT2D eigenvalue weighted by Gasteiger charge is -2.08. The average Bonchev–Trinajstić information content (AvgIpc) is 3.27. The standard InChI is InChI=1S/C26H23FN4O3/c1-17-4-3-5-18(14-17)25-23(15-31(30-25)22-12-6-19(27)7-13-22)26(33)29-21-10-8-20(9-11-21)28-24(32)16-34-2/h3-15H,16H2,1-2H3,(H,28,32)(H,29,33). The molecule has 8 heteroatoms. The number of benzene rings is 3. The summed E-state index contributed by atoms with van der Waals surface area (Å²) in [7, 11) is 1.45. The molecule has 0 aliphatic rings. The number of hydrogen-bond donors (Lipinski definition) is 2. The third-order valence-electron chi connectivity index (χ3n) is 5.04. The summed E-state index contributed by atoms with van der Waals surface area (Å²) < 4.78 is 19.7. The van der Waals surface area contributed by atoms with Crippen LogP contribution in [0, 0.1) is 12.7 Å². The Labute approximate surface area is 196 Å². The molecular weight excluding hydrogens is 435 g/mol. The third kappa shape index (κ3) is 5.36. The van der Waals surface area contributed by atoms with Gasteiger partial charge in [-0.3, -0.25) is 9.59 Å². The molecule has 172 valence electrons. The van der Waals surface area contributed by atoms with Crippen LogP contribution in [0.4, 0.5) is 15.8 Å². The van der Waals surface area contributed by atoms with Gasteiger partial charge < -0.3 is 15.4 Å². The van der Waals surface area contributed by atoms with Gasteiger partial charge >= 0.3 is 0 Å². The van der Waals surface area contributed by atoms with Crippen LogP contribution in [0.15, 0.2) is 79.0 Å². The van der Waals surface area contributed by atoms with E-state index in [2.05, 4.69) is 15.7 Å². The van der Waals surface area contributed by atoms with Crippen LogP contribution in [-0.2, 0) is 9.53 Å². The van der Waals surface area contributed by atoms with Crippen molar-refractivity contribution in [3.8, 4) is 16.9 Å². The smallest absolute Gasteiger partial charge is 0.259 e. The lowest BCUT2D eigenvalue weighted by Crippen LogP contribution is -2.17. The number of methoxy groups -OCH3 is 1. The molecule has 4 rings (SSSR count). The quantitative estimate of drug-likeness (QED) is 0.416. The number of rotatable bonds is 7. The minimum absolute atomic E-state index is 0.0434. The Kier molecular flexibility index (Phi) is 6.79. The molecule has 1 aromatic heterocycles. The monoisotopic (exact) mass is 458 g/mol. The minimum atomic E-state index is -0.352. The van der Waals surface area contributed by atoms with Crippen molar-refractivity contribution in [1.82, 2.24) is 9.78 Å². The first kappa shape index (κ1) is 22.9. The number of aryl methyl sites for hydroxylation is 1. The summed E-state index contributed by atoms with van der Waals surface area (Å²) in [5.41, 5.74) is 4.48. The molecule has 2 amide bonds. The average molecular weight is 458 g/mol. The molecule has 2 N–H and O–H groups in total. The first-order valence-electron chi connectivity index (χ1n) is 10.6. The van der Waals surface area contributed by atoms with Gasteiger partial charge in [-0.2, -0.15) is 5.10 Å². The van der Waals surface area contributed by atoms with E-state index >= 15 is 0 Å². The summed E-state index contributed by atoms with van der Waals surface area (Å²) in [5.74, 6) is -0.967. The Hall–Kier alpha value is -4.30. The summed E-state index contributed by atoms with van der Waals surface area (Å²) >= 11 is 0. The van der Waals surface area contributed by atoms with Gasteiger partial charge in [-0.1, -0.05) is 23.8 Å². The summed E-state index contributed by atoms with van der Waals surface area (Å²) in [6, 6.07) is 20.3. The second kappa shape index (κ2) is 10.1. The second-order valence-corrected chi connectivity index (χ2v) is 7.69. The second-order valence-electron chi connectivity index (χ2n) is 7.69. The van der Waals surface area contributed by atoms with E-state index in [1.54, 1.807) is 47.3 Å². The fourth-order valence-electron chi connectivity index (χ4n) is 3.44. The molecular formula is C26H23FN4O3. The number of carbonyl (C=O) groups excluding carboxylic acids is 2. The fourth-order valence-corrected chi connectivity index (χ4v) is 3.44. The van der Waals surface area contributed by atoms with Crippen LogP contribution in [0.5, 0.6) is 0 Å². The summed E-state index contributed by atoms with van der Waals surface area (Å²) in [6.07, 6.45) is 1.62. The maximum absolute atomic E-state index is 13.4. The van der Waals surface area contributed by atoms with Gasteiger partial charge in [0.1, 0.15) is 18.1 Å². The van der Waals surface area contributed by atoms with E-state index in [0.717, 1.165) is 11.1 Å². The predicted molar refractivity (Wildman–Crippen MR) is 129 cm³/mol. The Morgan fingerprint density at radius 3 is 2.29 bits per heavy atom. The van der Waals surface area contributed by atoms with E-state index in [0.29, 0.717) is 28.3 Å². The first-order valence-corrected chi connectivity index (χ1v) is 10.6. The zero-order valence-electron chi connectivity index (χ0n) is 18.7. The van der Waals surface area contributed by atoms with Crippen LogP contribution in [0.3, 0.4) is 0 Å². The number of aromatic nitrogens is 2. The van der Waals surface area contributed by atoms with Crippen LogP contribution >= 0.6 is 0 Å². The van der Waals surface area contributed by atoms with Gasteiger partial charge in [0.2, 0.25) is 5.91 Å². The van der Waals surface area contributed by atoms with Crippen molar-refractivity contribution >= 4 is 23.2 Å². The highest BCUT2D eigenvalue weighted by atomic mass is 19.1. The molecule has 0 spiro atoms. The number of amides is 2. The summed E-state index contributed by atoms with van der Waals surface area (Å²) in [4.78, 5) is 24.9. The van der Waals surface area contributed by atoms with Crippen molar-refractivity contribution < 1.29 is 18.7 Å². The molecule has 0 saturated heterocycles. The number of halogens is 1. The SMILES string of the molecule is COCC(=O)Nc1ccc(NC(=O)c2cn(-c3ccc(F)cc3)nc2-c2cccc(C)c2)cc1. The maximum Gasteiger partial charge on any atom is 0.259 e. The molecule has 0 aliphatic heterocycles. The minimum Gasteiger partial charge on any atom is -0.375 e. The molecule has 0 bridgehead atoms. The van der Waals surface area contributed by atoms with Crippen LogP contribution in [0.2, 0.25) is 0 Å². The van der Waals surface area contributed by atoms with Crippen molar-refractivity contribution in [3.05, 3.63) is 95.9 Å². The molecule has 34 heavy (non-hydrogen) atoms. The molecule has 3 aromatic carbocycles. The van der Waals surface area contributed by atoms with Gasteiger partial charge in [-0.25, -0.2) is 9.07 Å². The predicted octanol–water partition coefficient (Wildman–Crippen LogP) is 4.82. The number of carbonyl (C=O) groups is 2. The fraction of sp³-hybridized carbons (Fsp3) is 0.115. The van der Waals surface area contributed by atoms with Gasteiger partial charge in [-0.05, 0) is 61.5 Å². The van der Waals surface area contributed by atoms with E-state index in [9.17, 15) is 14.0 Å². The van der Waals surface area contributed by atoms with Crippen LogP contribution in [0.1, 0.15) is 15.9 Å². The number of hydrogen-bond acceptors (Lipinski definition) is 4. The molecule has 0 fully saturated rings. The van der Waals surface area contributed by atoms with Crippen molar-refractivity contribution in [3.63, 3.8) is 0 Å². The molecule has 0 aliphatic carbocycles. The molecule has 0 atom stereocenters. The Morgan fingerprint density at radius 1 is 0.971 bits per heavy atom. The van der Waals surface area contributed by atoms with Crippen molar-refractivity contribution in [2.45, 2.75) is 6.92 Å². The highest BCUT2D eigenvalue weighted by Gasteiger charge is 2.19. The summed E-state index contributed by atoms with van der Waals surface area (Å²) in [5, 5.41) is 10.2. The van der Waals surface area contributed by atoms with Crippen LogP contribution < -0.4 is 10.6 Å². The molecule has 0 radical (unpaired) electrons. The van der Waals surface area contributed by atoms with Gasteiger partial charge in [0.25, 0.3) is 5.91 Å². The van der Waals surface area contributed by atoms with E-state index in [-0.39, 0.29) is 24.2 Å². The highest BCUT2D eigenvalue weighted by molar-refractivity contribution is 6.08. The lowest BCUT2D eigenvalue weighted by molar-refractivity contribution is -0.119. The van der Waals surface area contributed by atoms with E-state index in [1.807, 2.05) is 31.2 Å². The van der Waals surface area contributed by atoms with Crippen LogP contribution in [0.25, 0.3) is 16.9 Å². The van der Waals surface area contributed by atoms with Crippen molar-refractivity contribution in [2.75, 3.05) is 24.4 Å². The zero-order valence-corrected chi connectivity index (χ0v) is 18.7. The Bertz CT molecular complexity index is 1310. The van der Waals surface area contributed by atoms with E-state index < -0.39 is 0 Å². The lowest BCUT2D eigenvalue weighted by atomic mass is 10.1. The molecule has 0 saturated carbocycles. The third-order valence-corrected chi connectivity index (χ3v) is 5.04. The van der Waals surface area contributed by atoms with Gasteiger partial charge in [0, 0.05) is 30.2 Å². The largest absolute Gasteiger partial charge is 0.375 e. The maximum atomic E-state index is 13.4. The number of ether oxygens (including phenoxy) is 1. The van der Waals surface area contributed by atoms with E-state index in [4.69, 9.17) is 4.74 Å². The van der Waals surface area contributed by atoms with Gasteiger partial charge in [0.05, 0.1) is 11.3 Å². The van der Waals surface area contributed by atoms with E-state index in [1.165, 1.54) is 19.2 Å². The number of anilines is 2. The molecule has 7 nitrogen and oxygen atoms in total. The topological polar surface area (TPSA) is 85.3 Å². The molecule has 1 heterocycles. The Balaban J connectivity index is 1.62. The first-order chi connectivity index (χ1) is 16.4. The van der Waals surface area contributed by atoms with Gasteiger partial charge in [0.15, 0.2) is 0 Å². The molecule has 0 unspecified atom stereocenters. The van der Waals surface area contributed by atoms with Gasteiger partial charge in [-0.15, -0.1) is 0 Å². The Morgan fingerprint density at radius 2 is 1.65 bits per heavy atom. The number of nitrogens with one attached hydrogen (secondary N) is 2. The molecule has 4 aromatic rings. The number of nitrogens with zero attached hydrogens (tertiary/aromatic N) is 2. The normalized spacial score (nSPS) is 10.7. The van der Waals surface area contributed by atoms with Crippen molar-refractivity contribution in [1.29, 1.82) is 0 Å². The van der Waals surface area contributed by atoms with Crippen molar-refractivity contribution in [2.24, 2.45) is 0 Å². The zero-order chi connectivity index (χ0) is 24.1.